The van der Waals surface area contributed by atoms with E-state index in [-0.39, 0.29) is 23.4 Å². The fourth-order valence-corrected chi connectivity index (χ4v) is 4.20. The van der Waals surface area contributed by atoms with Gasteiger partial charge >= 0.3 is 0 Å². The van der Waals surface area contributed by atoms with E-state index in [0.717, 1.165) is 11.1 Å². The largest absolute Gasteiger partial charge is 0.338 e. The van der Waals surface area contributed by atoms with Crippen LogP contribution < -0.4 is 0 Å². The maximum absolute atomic E-state index is 13.0. The van der Waals surface area contributed by atoms with Crippen LogP contribution in [0.2, 0.25) is 10.0 Å². The molecule has 2 amide bonds. The van der Waals surface area contributed by atoms with Crippen molar-refractivity contribution in [2.24, 2.45) is 0 Å². The third-order valence-electron chi connectivity index (χ3n) is 5.46. The van der Waals surface area contributed by atoms with Crippen LogP contribution in [0, 0.1) is 11.7 Å². The number of rotatable bonds is 4. The number of hydrogen-bond donors (Lipinski definition) is 1. The second-order valence-electron chi connectivity index (χ2n) is 7.58. The highest BCUT2D eigenvalue weighted by Crippen LogP contribution is 2.27. The van der Waals surface area contributed by atoms with Crippen molar-refractivity contribution in [1.29, 1.82) is 0 Å². The Hall–Kier alpha value is -2.68. The quantitative estimate of drug-likeness (QED) is 0.557. The zero-order valence-corrected chi connectivity index (χ0v) is 19.7. The van der Waals surface area contributed by atoms with Crippen LogP contribution >= 0.6 is 35.4 Å². The number of halogens is 2. The Balaban J connectivity index is 1.42. The van der Waals surface area contributed by atoms with Crippen molar-refractivity contribution in [2.75, 3.05) is 26.2 Å². The zero-order chi connectivity index (χ0) is 22.8. The number of carbonyl (C=O) groups excluding carboxylic acids is 2. The molecule has 1 N–H and O–H groups in total. The number of aromatic amines is 1. The summed E-state index contributed by atoms with van der Waals surface area (Å²) >= 11 is 17.6. The topological polar surface area (TPSA) is 74.2 Å². The van der Waals surface area contributed by atoms with Crippen LogP contribution in [0.5, 0.6) is 0 Å². The van der Waals surface area contributed by atoms with E-state index in [2.05, 4.69) is 10.2 Å². The standard InChI is InChI=1S/C22H21Cl2N5O2S/c1-14-5-7-15(8-6-14)20-25-26-22(32)29(20)13-18(30)27-9-11-28(12-10-27)21(31)16-3-2-4-17(23)19(16)24/h2-8H,9-13H2,1H3,(H,26,32). The maximum Gasteiger partial charge on any atom is 0.255 e. The molecule has 2 aromatic carbocycles. The Kier molecular flexibility index (Phi) is 6.64. The number of aromatic nitrogens is 3. The summed E-state index contributed by atoms with van der Waals surface area (Å²) < 4.78 is 2.09. The summed E-state index contributed by atoms with van der Waals surface area (Å²) in [5, 5.41) is 7.66. The van der Waals surface area contributed by atoms with Gasteiger partial charge in [0.15, 0.2) is 10.6 Å². The minimum Gasteiger partial charge on any atom is -0.338 e. The van der Waals surface area contributed by atoms with E-state index in [1.807, 2.05) is 31.2 Å². The number of H-pyrrole nitrogens is 1. The molecule has 32 heavy (non-hydrogen) atoms. The number of nitrogens with one attached hydrogen (secondary N) is 1. The molecule has 7 nitrogen and oxygen atoms in total. The molecule has 1 aromatic heterocycles. The molecule has 3 aromatic rings. The smallest absolute Gasteiger partial charge is 0.255 e. The Labute approximate surface area is 200 Å². The van der Waals surface area contributed by atoms with Crippen LogP contribution in [0.3, 0.4) is 0 Å². The minimum absolute atomic E-state index is 0.0760. The van der Waals surface area contributed by atoms with Crippen LogP contribution in [0.1, 0.15) is 15.9 Å². The molecule has 0 unspecified atom stereocenters. The molecular formula is C22H21Cl2N5O2S. The van der Waals surface area contributed by atoms with Crippen LogP contribution in [0.25, 0.3) is 11.4 Å². The second kappa shape index (κ2) is 9.44. The second-order valence-corrected chi connectivity index (χ2v) is 8.75. The summed E-state index contributed by atoms with van der Waals surface area (Å²) in [5.41, 5.74) is 2.38. The first-order valence-electron chi connectivity index (χ1n) is 10.1. The Morgan fingerprint density at radius 3 is 2.38 bits per heavy atom. The minimum atomic E-state index is -0.191. The van der Waals surface area contributed by atoms with Gasteiger partial charge in [0.05, 0.1) is 15.6 Å². The zero-order valence-electron chi connectivity index (χ0n) is 17.3. The lowest BCUT2D eigenvalue weighted by Crippen LogP contribution is -2.51. The first kappa shape index (κ1) is 22.5. The summed E-state index contributed by atoms with van der Waals surface area (Å²) in [6.45, 7) is 3.76. The monoisotopic (exact) mass is 489 g/mol. The van der Waals surface area contributed by atoms with Gasteiger partial charge in [0.2, 0.25) is 5.91 Å². The number of piperazine rings is 1. The molecular weight excluding hydrogens is 469 g/mol. The number of nitrogens with zero attached hydrogens (tertiary/aromatic N) is 4. The number of carbonyl (C=O) groups is 2. The highest BCUT2D eigenvalue weighted by Gasteiger charge is 2.27. The van der Waals surface area contributed by atoms with E-state index in [1.54, 1.807) is 32.6 Å². The highest BCUT2D eigenvalue weighted by atomic mass is 35.5. The molecule has 0 saturated carbocycles. The third-order valence-corrected chi connectivity index (χ3v) is 6.59. The lowest BCUT2D eigenvalue weighted by Gasteiger charge is -2.35. The van der Waals surface area contributed by atoms with Crippen molar-refractivity contribution in [3.05, 3.63) is 68.4 Å². The van der Waals surface area contributed by atoms with E-state index < -0.39 is 0 Å². The van der Waals surface area contributed by atoms with Gasteiger partial charge in [-0.3, -0.25) is 19.3 Å². The van der Waals surface area contributed by atoms with Crippen molar-refractivity contribution < 1.29 is 9.59 Å². The van der Waals surface area contributed by atoms with E-state index in [4.69, 9.17) is 35.4 Å². The van der Waals surface area contributed by atoms with Gasteiger partial charge in [0.1, 0.15) is 6.54 Å². The highest BCUT2D eigenvalue weighted by molar-refractivity contribution is 7.71. The van der Waals surface area contributed by atoms with Gasteiger partial charge in [-0.15, -0.1) is 0 Å². The van der Waals surface area contributed by atoms with Crippen molar-refractivity contribution >= 4 is 47.2 Å². The average Bonchev–Trinajstić information content (AvgIpc) is 3.16. The first-order chi connectivity index (χ1) is 15.3. The third kappa shape index (κ3) is 4.57. The molecule has 1 saturated heterocycles. The van der Waals surface area contributed by atoms with E-state index in [0.29, 0.717) is 47.4 Å². The van der Waals surface area contributed by atoms with E-state index in [1.165, 1.54) is 0 Å². The van der Waals surface area contributed by atoms with Crippen molar-refractivity contribution in [2.45, 2.75) is 13.5 Å². The van der Waals surface area contributed by atoms with Crippen molar-refractivity contribution in [3.63, 3.8) is 0 Å². The summed E-state index contributed by atoms with van der Waals surface area (Å²) in [7, 11) is 0. The van der Waals surface area contributed by atoms with Gasteiger partial charge in [0, 0.05) is 31.7 Å². The lowest BCUT2D eigenvalue weighted by atomic mass is 10.1. The molecule has 1 aliphatic heterocycles. The SMILES string of the molecule is Cc1ccc(-c2n[nH]c(=S)n2CC(=O)N2CCN(C(=O)c3cccc(Cl)c3Cl)CC2)cc1. The Morgan fingerprint density at radius 2 is 1.69 bits per heavy atom. The number of amides is 2. The van der Waals surface area contributed by atoms with Crippen molar-refractivity contribution in [3.8, 4) is 11.4 Å². The summed E-state index contributed by atoms with van der Waals surface area (Å²) in [6, 6.07) is 12.9. The van der Waals surface area contributed by atoms with E-state index >= 15 is 0 Å². The predicted octanol–water partition coefficient (Wildman–Crippen LogP) is 4.21. The molecule has 1 fully saturated rings. The molecule has 166 valence electrons. The van der Waals surface area contributed by atoms with Gasteiger partial charge in [-0.2, -0.15) is 5.10 Å². The van der Waals surface area contributed by atoms with Crippen LogP contribution in [0.15, 0.2) is 42.5 Å². The molecule has 0 aliphatic carbocycles. The summed E-state index contributed by atoms with van der Waals surface area (Å²) in [6.07, 6.45) is 0. The molecule has 0 spiro atoms. The van der Waals surface area contributed by atoms with Gasteiger partial charge in [0.25, 0.3) is 5.91 Å². The fourth-order valence-electron chi connectivity index (χ4n) is 3.62. The number of hydrogen-bond acceptors (Lipinski definition) is 4. The molecule has 0 atom stereocenters. The number of benzene rings is 2. The molecule has 1 aliphatic rings. The maximum atomic E-state index is 13.0. The average molecular weight is 490 g/mol. The molecule has 0 bridgehead atoms. The van der Waals surface area contributed by atoms with Gasteiger partial charge in [-0.1, -0.05) is 59.1 Å². The van der Waals surface area contributed by atoms with Crippen LogP contribution in [0.4, 0.5) is 0 Å². The Morgan fingerprint density at radius 1 is 1.03 bits per heavy atom. The van der Waals surface area contributed by atoms with Gasteiger partial charge in [-0.25, -0.2) is 0 Å². The van der Waals surface area contributed by atoms with Crippen LogP contribution in [-0.4, -0.2) is 62.6 Å². The van der Waals surface area contributed by atoms with Gasteiger partial charge in [-0.05, 0) is 31.3 Å². The van der Waals surface area contributed by atoms with E-state index in [9.17, 15) is 9.59 Å². The molecule has 2 heterocycles. The summed E-state index contributed by atoms with van der Waals surface area (Å²) in [5.74, 6) is 0.347. The van der Waals surface area contributed by atoms with Crippen LogP contribution in [-0.2, 0) is 11.3 Å². The molecule has 4 rings (SSSR count). The molecule has 10 heteroatoms. The molecule has 0 radical (unpaired) electrons. The summed E-state index contributed by atoms with van der Waals surface area (Å²) in [4.78, 5) is 29.2. The fraction of sp³-hybridized carbons (Fsp3) is 0.273. The normalized spacial score (nSPS) is 14.0. The predicted molar refractivity (Wildman–Crippen MR) is 127 cm³/mol. The first-order valence-corrected chi connectivity index (χ1v) is 11.2. The van der Waals surface area contributed by atoms with Crippen molar-refractivity contribution in [1.82, 2.24) is 24.6 Å². The number of aryl methyl sites for hydroxylation is 1. The van der Waals surface area contributed by atoms with Gasteiger partial charge < -0.3 is 9.80 Å². The lowest BCUT2D eigenvalue weighted by molar-refractivity contribution is -0.133. The Bertz CT molecular complexity index is 1210.